The van der Waals surface area contributed by atoms with Gasteiger partial charge in [0, 0.05) is 24.5 Å². The molecule has 0 amide bonds. The zero-order valence-corrected chi connectivity index (χ0v) is 8.74. The molecule has 0 saturated carbocycles. The molecule has 16 heavy (non-hydrogen) atoms. The van der Waals surface area contributed by atoms with E-state index in [9.17, 15) is 0 Å². The van der Waals surface area contributed by atoms with Crippen molar-refractivity contribution in [3.05, 3.63) is 48.8 Å². The standard InChI is InChI=1S/C12H12N2O2/c1-3-7-13-11(5-1)15-9-10-16-12-6-2-4-8-14-12/h1-8H,9-10H2. The van der Waals surface area contributed by atoms with Gasteiger partial charge in [-0.1, -0.05) is 12.1 Å². The van der Waals surface area contributed by atoms with E-state index in [1.165, 1.54) is 0 Å². The molecule has 2 aromatic rings. The molecule has 82 valence electrons. The molecule has 4 nitrogen and oxygen atoms in total. The molecule has 0 radical (unpaired) electrons. The molecule has 0 aliphatic rings. The minimum absolute atomic E-state index is 0.452. The van der Waals surface area contributed by atoms with Crippen LogP contribution < -0.4 is 9.47 Å². The summed E-state index contributed by atoms with van der Waals surface area (Å²) < 4.78 is 10.7. The largest absolute Gasteiger partial charge is 0.474 e. The fourth-order valence-corrected chi connectivity index (χ4v) is 1.16. The summed E-state index contributed by atoms with van der Waals surface area (Å²) in [4.78, 5) is 8.06. The molecule has 0 aliphatic carbocycles. The lowest BCUT2D eigenvalue weighted by Crippen LogP contribution is -2.10. The van der Waals surface area contributed by atoms with Crippen molar-refractivity contribution in [2.45, 2.75) is 0 Å². The molecule has 2 aromatic heterocycles. The normalized spacial score (nSPS) is 9.75. The number of aromatic nitrogens is 2. The van der Waals surface area contributed by atoms with Gasteiger partial charge in [0.2, 0.25) is 11.8 Å². The van der Waals surface area contributed by atoms with Gasteiger partial charge in [-0.2, -0.15) is 0 Å². The van der Waals surface area contributed by atoms with Gasteiger partial charge in [0.05, 0.1) is 0 Å². The van der Waals surface area contributed by atoms with Crippen LogP contribution in [0.2, 0.25) is 0 Å². The number of hydrogen-bond acceptors (Lipinski definition) is 4. The van der Waals surface area contributed by atoms with E-state index < -0.39 is 0 Å². The van der Waals surface area contributed by atoms with Crippen LogP contribution in [0.3, 0.4) is 0 Å². The molecule has 0 unspecified atom stereocenters. The maximum atomic E-state index is 5.36. The van der Waals surface area contributed by atoms with E-state index >= 15 is 0 Å². The van der Waals surface area contributed by atoms with Gasteiger partial charge in [-0.15, -0.1) is 0 Å². The van der Waals surface area contributed by atoms with E-state index in [4.69, 9.17) is 9.47 Å². The first-order valence-corrected chi connectivity index (χ1v) is 5.03. The summed E-state index contributed by atoms with van der Waals surface area (Å²) in [7, 11) is 0. The van der Waals surface area contributed by atoms with Crippen molar-refractivity contribution in [3.63, 3.8) is 0 Å². The molecule has 0 N–H and O–H groups in total. The van der Waals surface area contributed by atoms with Crippen molar-refractivity contribution in [1.82, 2.24) is 9.97 Å². The third-order valence-electron chi connectivity index (χ3n) is 1.86. The van der Waals surface area contributed by atoms with Crippen LogP contribution in [0.1, 0.15) is 0 Å². The highest BCUT2D eigenvalue weighted by Crippen LogP contribution is 2.04. The second-order valence-corrected chi connectivity index (χ2v) is 3.03. The van der Waals surface area contributed by atoms with Crippen LogP contribution >= 0.6 is 0 Å². The van der Waals surface area contributed by atoms with Crippen molar-refractivity contribution in [2.24, 2.45) is 0 Å². The number of hydrogen-bond donors (Lipinski definition) is 0. The quantitative estimate of drug-likeness (QED) is 0.716. The summed E-state index contributed by atoms with van der Waals surface area (Å²) in [6.45, 7) is 0.904. The second-order valence-electron chi connectivity index (χ2n) is 3.03. The minimum Gasteiger partial charge on any atom is -0.474 e. The Morgan fingerprint density at radius 1 is 0.750 bits per heavy atom. The maximum Gasteiger partial charge on any atom is 0.213 e. The molecule has 0 spiro atoms. The van der Waals surface area contributed by atoms with E-state index in [2.05, 4.69) is 9.97 Å². The van der Waals surface area contributed by atoms with Crippen molar-refractivity contribution < 1.29 is 9.47 Å². The Hall–Kier alpha value is -2.10. The summed E-state index contributed by atoms with van der Waals surface area (Å²) in [6, 6.07) is 11.1. The Bertz CT molecular complexity index is 364. The van der Waals surface area contributed by atoms with Crippen LogP contribution in [0.4, 0.5) is 0 Å². The smallest absolute Gasteiger partial charge is 0.213 e. The number of nitrogens with zero attached hydrogens (tertiary/aromatic N) is 2. The highest BCUT2D eigenvalue weighted by molar-refractivity contribution is 5.10. The molecule has 0 fully saturated rings. The van der Waals surface area contributed by atoms with Crippen LogP contribution in [0.25, 0.3) is 0 Å². The zero-order chi connectivity index (χ0) is 11.1. The first-order chi connectivity index (χ1) is 7.95. The molecule has 0 aromatic carbocycles. The molecule has 4 heteroatoms. The summed E-state index contributed by atoms with van der Waals surface area (Å²) in [5, 5.41) is 0. The highest BCUT2D eigenvalue weighted by Gasteiger charge is 1.95. The summed E-state index contributed by atoms with van der Waals surface area (Å²) in [5.74, 6) is 1.21. The Morgan fingerprint density at radius 2 is 1.25 bits per heavy atom. The van der Waals surface area contributed by atoms with Crippen molar-refractivity contribution in [2.75, 3.05) is 13.2 Å². The third-order valence-corrected chi connectivity index (χ3v) is 1.86. The van der Waals surface area contributed by atoms with Crippen molar-refractivity contribution in [3.8, 4) is 11.8 Å². The van der Waals surface area contributed by atoms with Gasteiger partial charge in [-0.05, 0) is 12.1 Å². The van der Waals surface area contributed by atoms with Gasteiger partial charge in [-0.25, -0.2) is 9.97 Å². The first-order valence-electron chi connectivity index (χ1n) is 5.03. The van der Waals surface area contributed by atoms with Gasteiger partial charge in [0.1, 0.15) is 13.2 Å². The van der Waals surface area contributed by atoms with Crippen molar-refractivity contribution >= 4 is 0 Å². The van der Waals surface area contributed by atoms with Gasteiger partial charge in [0.25, 0.3) is 0 Å². The Kier molecular flexibility index (Phi) is 3.71. The molecule has 0 bridgehead atoms. The lowest BCUT2D eigenvalue weighted by molar-refractivity contribution is 0.207. The molecule has 2 rings (SSSR count). The van der Waals surface area contributed by atoms with Crippen LogP contribution in [0, 0.1) is 0 Å². The lowest BCUT2D eigenvalue weighted by atomic mass is 10.5. The van der Waals surface area contributed by atoms with Crippen LogP contribution in [0.15, 0.2) is 48.8 Å². The van der Waals surface area contributed by atoms with E-state index in [1.807, 2.05) is 24.3 Å². The van der Waals surface area contributed by atoms with Crippen molar-refractivity contribution in [1.29, 1.82) is 0 Å². The molecular weight excluding hydrogens is 204 g/mol. The minimum atomic E-state index is 0.452. The van der Waals surface area contributed by atoms with Gasteiger partial charge >= 0.3 is 0 Å². The number of rotatable bonds is 5. The Morgan fingerprint density at radius 3 is 1.62 bits per heavy atom. The highest BCUT2D eigenvalue weighted by atomic mass is 16.5. The van der Waals surface area contributed by atoms with Gasteiger partial charge in [-0.3, -0.25) is 0 Å². The topological polar surface area (TPSA) is 44.2 Å². The average molecular weight is 216 g/mol. The lowest BCUT2D eigenvalue weighted by Gasteiger charge is -2.06. The number of pyridine rings is 2. The van der Waals surface area contributed by atoms with Gasteiger partial charge < -0.3 is 9.47 Å². The van der Waals surface area contributed by atoms with E-state index in [0.717, 1.165) is 0 Å². The number of ether oxygens (including phenoxy) is 2. The summed E-state index contributed by atoms with van der Waals surface area (Å²) in [6.07, 6.45) is 3.38. The first kappa shape index (κ1) is 10.4. The predicted octanol–water partition coefficient (Wildman–Crippen LogP) is 1.93. The predicted molar refractivity (Wildman–Crippen MR) is 59.5 cm³/mol. The Labute approximate surface area is 93.9 Å². The molecule has 0 aliphatic heterocycles. The summed E-state index contributed by atoms with van der Waals surface area (Å²) in [5.41, 5.74) is 0. The van der Waals surface area contributed by atoms with Crippen LogP contribution in [-0.2, 0) is 0 Å². The average Bonchev–Trinajstić information content (AvgIpc) is 2.37. The monoisotopic (exact) mass is 216 g/mol. The molecule has 0 saturated heterocycles. The van der Waals surface area contributed by atoms with Crippen LogP contribution in [-0.4, -0.2) is 23.2 Å². The van der Waals surface area contributed by atoms with E-state index in [1.54, 1.807) is 24.5 Å². The fourth-order valence-electron chi connectivity index (χ4n) is 1.16. The van der Waals surface area contributed by atoms with E-state index in [0.29, 0.717) is 25.0 Å². The SMILES string of the molecule is c1ccc(OCCOc2ccccn2)nc1. The molecule has 2 heterocycles. The summed E-state index contributed by atoms with van der Waals surface area (Å²) >= 11 is 0. The fraction of sp³-hybridized carbons (Fsp3) is 0.167. The maximum absolute atomic E-state index is 5.36. The zero-order valence-electron chi connectivity index (χ0n) is 8.74. The van der Waals surface area contributed by atoms with Gasteiger partial charge in [0.15, 0.2) is 0 Å². The second kappa shape index (κ2) is 5.70. The molecule has 0 atom stereocenters. The van der Waals surface area contributed by atoms with Crippen LogP contribution in [0.5, 0.6) is 11.8 Å². The molecular formula is C12H12N2O2. The van der Waals surface area contributed by atoms with E-state index in [-0.39, 0.29) is 0 Å². The third kappa shape index (κ3) is 3.24. The Balaban J connectivity index is 1.70.